The minimum Gasteiger partial charge on any atom is -1.00 e. The molecule has 40 heavy (non-hydrogen) atoms. The number of benzene rings is 6. The maximum Gasteiger partial charge on any atom is 0.301 e. The van der Waals surface area contributed by atoms with E-state index >= 15 is 0 Å². The first-order valence-corrected chi connectivity index (χ1v) is 16.7. The van der Waals surface area contributed by atoms with Crippen molar-refractivity contribution in [3.05, 3.63) is 182 Å². The molecule has 0 spiro atoms. The lowest BCUT2D eigenvalue weighted by molar-refractivity contribution is -0.00000752. The Morgan fingerprint density at radius 1 is 0.250 bits per heavy atom. The molecule has 0 saturated carbocycles. The summed E-state index contributed by atoms with van der Waals surface area (Å²) < 4.78 is 6.38. The molecule has 196 valence electrons. The highest BCUT2D eigenvalue weighted by atomic mass is 35.5. The van der Waals surface area contributed by atoms with Crippen LogP contribution in [0.1, 0.15) is 0 Å². The Hall–Kier alpha value is -3.82. The van der Waals surface area contributed by atoms with Crippen LogP contribution in [0.5, 0.6) is 0 Å². The third kappa shape index (κ3) is 5.07. The van der Waals surface area contributed by atoms with Crippen LogP contribution in [0.3, 0.4) is 0 Å². The molecule has 0 aliphatic carbocycles. The molecular formula is C36H30ClNP2. The second-order valence-corrected chi connectivity index (χ2v) is 15.7. The van der Waals surface area contributed by atoms with Crippen molar-refractivity contribution in [2.45, 2.75) is 0 Å². The summed E-state index contributed by atoms with van der Waals surface area (Å²) in [7, 11) is -4.99. The molecule has 0 N–H and O–H groups in total. The average Bonchev–Trinajstić information content (AvgIpc) is 3.04. The lowest BCUT2D eigenvalue weighted by Gasteiger charge is -2.20. The van der Waals surface area contributed by atoms with Crippen molar-refractivity contribution in [3.63, 3.8) is 0 Å². The fourth-order valence-corrected chi connectivity index (χ4v) is 14.8. The Balaban J connectivity index is 0.00000323. The first-order valence-electron chi connectivity index (χ1n) is 13.2. The van der Waals surface area contributed by atoms with Crippen LogP contribution in [-0.4, -0.2) is 0 Å². The molecule has 0 fully saturated rings. The molecule has 6 aromatic carbocycles. The van der Waals surface area contributed by atoms with E-state index in [1.165, 1.54) is 31.8 Å². The molecule has 4 heteroatoms. The maximum atomic E-state index is 6.38. The number of halogens is 1. The van der Waals surface area contributed by atoms with Crippen LogP contribution in [-0.2, 0) is 0 Å². The Labute approximate surface area is 243 Å². The molecular weight excluding hydrogens is 544 g/mol. The lowest BCUT2D eigenvalue weighted by atomic mass is 10.4. The maximum absolute atomic E-state index is 6.38. The highest BCUT2D eigenvalue weighted by molar-refractivity contribution is 7.93. The van der Waals surface area contributed by atoms with E-state index in [-0.39, 0.29) is 12.4 Å². The molecule has 0 saturated heterocycles. The SMILES string of the molecule is [Cl-].c1ccc(P(=[N+]=P(c2ccccc2)(c2ccccc2)c2ccccc2)(c2ccccc2)c2ccccc2)cc1. The van der Waals surface area contributed by atoms with Gasteiger partial charge >= 0.3 is 14.1 Å². The molecule has 1 nitrogen and oxygen atoms in total. The molecule has 0 aromatic heterocycles. The Morgan fingerprint density at radius 2 is 0.400 bits per heavy atom. The molecule has 0 radical (unpaired) electrons. The zero-order valence-corrected chi connectivity index (χ0v) is 24.6. The van der Waals surface area contributed by atoms with Crippen LogP contribution in [0.25, 0.3) is 0 Å². The highest BCUT2D eigenvalue weighted by Gasteiger charge is 2.44. The summed E-state index contributed by atoms with van der Waals surface area (Å²) in [4.78, 5) is 0. The minimum absolute atomic E-state index is 0. The number of nitrogens with zero attached hydrogens (tertiary/aromatic N) is 1. The third-order valence-corrected chi connectivity index (χ3v) is 15.5. The van der Waals surface area contributed by atoms with Crippen LogP contribution < -0.4 is 48.4 Å². The van der Waals surface area contributed by atoms with Crippen LogP contribution in [0.2, 0.25) is 0 Å². The van der Waals surface area contributed by atoms with Crippen molar-refractivity contribution in [2.24, 2.45) is 0 Å². The summed E-state index contributed by atoms with van der Waals surface area (Å²) in [6.07, 6.45) is 0. The minimum atomic E-state index is -2.50. The van der Waals surface area contributed by atoms with Crippen molar-refractivity contribution >= 4 is 45.9 Å². The summed E-state index contributed by atoms with van der Waals surface area (Å²) in [5.74, 6) is 0. The second-order valence-electron chi connectivity index (χ2n) is 9.37. The van der Waals surface area contributed by atoms with Crippen molar-refractivity contribution in [3.8, 4) is 0 Å². The first kappa shape index (κ1) is 27.7. The molecule has 0 aliphatic heterocycles. The van der Waals surface area contributed by atoms with Gasteiger partial charge in [-0.05, 0) is 72.8 Å². The van der Waals surface area contributed by atoms with Crippen molar-refractivity contribution in [1.29, 1.82) is 0 Å². The zero-order valence-electron chi connectivity index (χ0n) is 22.0. The van der Waals surface area contributed by atoms with Gasteiger partial charge in [-0.25, -0.2) is 0 Å². The quantitative estimate of drug-likeness (QED) is 0.214. The molecule has 6 aromatic rings. The predicted molar refractivity (Wildman–Crippen MR) is 172 cm³/mol. The fraction of sp³-hybridized carbons (Fsp3) is 0. The van der Waals surface area contributed by atoms with E-state index < -0.39 is 14.1 Å². The van der Waals surface area contributed by atoms with E-state index in [9.17, 15) is 0 Å². The zero-order chi connectivity index (χ0) is 26.4. The van der Waals surface area contributed by atoms with Crippen LogP contribution in [0.4, 0.5) is 0 Å². The van der Waals surface area contributed by atoms with E-state index in [0.717, 1.165) is 0 Å². The van der Waals surface area contributed by atoms with E-state index in [4.69, 9.17) is 4.17 Å². The summed E-state index contributed by atoms with van der Waals surface area (Å²) in [5.41, 5.74) is 0. The van der Waals surface area contributed by atoms with E-state index in [2.05, 4.69) is 182 Å². The normalized spacial score (nSPS) is 11.2. The van der Waals surface area contributed by atoms with Gasteiger partial charge in [0.2, 0.25) is 0 Å². The van der Waals surface area contributed by atoms with Gasteiger partial charge in [-0.2, -0.15) is 0 Å². The molecule has 0 heterocycles. The van der Waals surface area contributed by atoms with Gasteiger partial charge in [-0.3, -0.25) is 0 Å². The molecule has 0 amide bonds. The molecule has 0 bridgehead atoms. The number of hydrogen-bond acceptors (Lipinski definition) is 0. The van der Waals surface area contributed by atoms with Crippen LogP contribution in [0, 0.1) is 0 Å². The molecule has 0 unspecified atom stereocenters. The van der Waals surface area contributed by atoms with Gasteiger partial charge < -0.3 is 12.4 Å². The smallest absolute Gasteiger partial charge is 0.301 e. The van der Waals surface area contributed by atoms with E-state index in [1.807, 2.05) is 0 Å². The lowest BCUT2D eigenvalue weighted by Crippen LogP contribution is -3.00. The van der Waals surface area contributed by atoms with Gasteiger partial charge in [0.15, 0.2) is 0 Å². The number of rotatable bonds is 6. The second kappa shape index (κ2) is 12.6. The Morgan fingerprint density at radius 3 is 0.550 bits per heavy atom. The van der Waals surface area contributed by atoms with Crippen LogP contribution >= 0.6 is 14.1 Å². The summed E-state index contributed by atoms with van der Waals surface area (Å²) in [6, 6.07) is 65.7. The van der Waals surface area contributed by atoms with Crippen molar-refractivity contribution < 1.29 is 12.4 Å². The molecule has 0 atom stereocenters. The van der Waals surface area contributed by atoms with Gasteiger partial charge in [-0.15, -0.1) is 4.17 Å². The van der Waals surface area contributed by atoms with Crippen molar-refractivity contribution in [1.82, 2.24) is 4.17 Å². The monoisotopic (exact) mass is 573 g/mol. The van der Waals surface area contributed by atoms with Gasteiger partial charge in [-0.1, -0.05) is 109 Å². The Bertz CT molecular complexity index is 1430. The fourth-order valence-electron chi connectivity index (χ4n) is 5.27. The number of hydrogen-bond donors (Lipinski definition) is 0. The van der Waals surface area contributed by atoms with Gasteiger partial charge in [0.1, 0.15) is 0 Å². The average molecular weight is 574 g/mol. The van der Waals surface area contributed by atoms with E-state index in [1.54, 1.807) is 0 Å². The Kier molecular flexibility index (Phi) is 8.72. The van der Waals surface area contributed by atoms with Gasteiger partial charge in [0.05, 0.1) is 31.8 Å². The molecule has 0 aliphatic rings. The summed E-state index contributed by atoms with van der Waals surface area (Å²) in [5, 5.41) is 7.55. The largest absolute Gasteiger partial charge is 1.00 e. The highest BCUT2D eigenvalue weighted by Crippen LogP contribution is 2.50. The standard InChI is InChI=1S/C36H30NP2.ClH/c1-7-19-31(20-8-1)38(32-21-9-2-10-22-32,33-23-11-3-12-24-33)37-39(34-25-13-4-14-26-34,35-27-15-5-16-28-35)36-29-17-6-18-30-36;/h1-30H;1H/q+1;/p-1. The third-order valence-electron chi connectivity index (χ3n) is 7.05. The molecule has 6 rings (SSSR count). The topological polar surface area (TPSA) is 14.1 Å². The van der Waals surface area contributed by atoms with Crippen molar-refractivity contribution in [2.75, 3.05) is 0 Å². The predicted octanol–water partition coefficient (Wildman–Crippen LogP) is 3.41. The van der Waals surface area contributed by atoms with Gasteiger partial charge in [0, 0.05) is 0 Å². The summed E-state index contributed by atoms with van der Waals surface area (Å²) >= 11 is 0. The van der Waals surface area contributed by atoms with Gasteiger partial charge in [0.25, 0.3) is 0 Å². The summed E-state index contributed by atoms with van der Waals surface area (Å²) in [6.45, 7) is 0. The first-order chi connectivity index (χ1) is 19.3. The van der Waals surface area contributed by atoms with Crippen LogP contribution in [0.15, 0.2) is 182 Å². The van der Waals surface area contributed by atoms with E-state index in [0.29, 0.717) is 0 Å².